The molecule has 2 aromatic heterocycles. The summed E-state index contributed by atoms with van der Waals surface area (Å²) < 4.78 is 9.08. The molecule has 0 spiro atoms. The Morgan fingerprint density at radius 2 is 1.79 bits per heavy atom. The highest BCUT2D eigenvalue weighted by atomic mass is 32.2. The second-order valence-corrected chi connectivity index (χ2v) is 7.19. The molecule has 10 heteroatoms. The molecule has 9 nitrogen and oxygen atoms in total. The Morgan fingerprint density at radius 3 is 2.43 bits per heavy atom. The van der Waals surface area contributed by atoms with Gasteiger partial charge in [-0.1, -0.05) is 23.9 Å². The van der Waals surface area contributed by atoms with Crippen LogP contribution in [0.2, 0.25) is 0 Å². The van der Waals surface area contributed by atoms with Gasteiger partial charge in [0.2, 0.25) is 5.91 Å². The highest BCUT2D eigenvalue weighted by molar-refractivity contribution is 7.99. The molecule has 3 rings (SSSR count). The molecule has 2 heterocycles. The van der Waals surface area contributed by atoms with Crippen molar-refractivity contribution in [3.63, 3.8) is 0 Å². The molecule has 3 aromatic rings. The monoisotopic (exact) mass is 403 g/mol. The normalized spacial score (nSPS) is 11.0. The van der Waals surface area contributed by atoms with Crippen molar-refractivity contribution in [2.24, 2.45) is 21.1 Å². The van der Waals surface area contributed by atoms with Gasteiger partial charge in [0.15, 0.2) is 16.3 Å². The number of hydrogen-bond donors (Lipinski definition) is 1. The summed E-state index contributed by atoms with van der Waals surface area (Å²) in [6.07, 6.45) is 0. The van der Waals surface area contributed by atoms with Crippen LogP contribution >= 0.6 is 11.8 Å². The maximum absolute atomic E-state index is 12.4. The van der Waals surface area contributed by atoms with Gasteiger partial charge < -0.3 is 14.6 Å². The van der Waals surface area contributed by atoms with E-state index in [9.17, 15) is 14.4 Å². The van der Waals surface area contributed by atoms with E-state index in [4.69, 9.17) is 4.74 Å². The Kier molecular flexibility index (Phi) is 5.59. The fraction of sp³-hybridized carbons (Fsp3) is 0.333. The standard InChI is InChI=1S/C18H21N5O4S/c1-21-14-15(22(2)18(26)23(3)16(14)25)20-17(21)28-10-13(24)19-9-11-5-7-12(27-4)8-6-11/h5-8H,9-10H2,1-4H3,(H,19,24). The van der Waals surface area contributed by atoms with E-state index in [1.165, 1.54) is 23.4 Å². The summed E-state index contributed by atoms with van der Waals surface area (Å²) in [5.74, 6) is 0.740. The van der Waals surface area contributed by atoms with Crippen molar-refractivity contribution in [3.8, 4) is 5.75 Å². The molecule has 1 amide bonds. The number of carbonyl (C=O) groups excluding carboxylic acids is 1. The van der Waals surface area contributed by atoms with E-state index in [0.29, 0.717) is 22.9 Å². The first kappa shape index (κ1) is 19.7. The Bertz CT molecular complexity index is 1140. The van der Waals surface area contributed by atoms with Gasteiger partial charge in [-0.15, -0.1) is 0 Å². The first-order valence-corrected chi connectivity index (χ1v) is 9.47. The third-order valence-electron chi connectivity index (χ3n) is 4.42. The number of thioether (sulfide) groups is 1. The molecule has 148 valence electrons. The van der Waals surface area contributed by atoms with Crippen molar-refractivity contribution in [2.45, 2.75) is 11.7 Å². The Hall–Kier alpha value is -3.01. The first-order chi connectivity index (χ1) is 13.3. The second kappa shape index (κ2) is 7.93. The predicted octanol–water partition coefficient (Wildman–Crippen LogP) is 0.388. The molecule has 0 saturated carbocycles. The fourth-order valence-corrected chi connectivity index (χ4v) is 3.55. The van der Waals surface area contributed by atoms with Gasteiger partial charge in [-0.25, -0.2) is 9.78 Å². The topological polar surface area (TPSA) is 100 Å². The highest BCUT2D eigenvalue weighted by Gasteiger charge is 2.17. The summed E-state index contributed by atoms with van der Waals surface area (Å²) in [5, 5.41) is 3.34. The number of fused-ring (bicyclic) bond motifs is 1. The van der Waals surface area contributed by atoms with Crippen LogP contribution < -0.4 is 21.3 Å². The van der Waals surface area contributed by atoms with E-state index in [1.54, 1.807) is 25.8 Å². The van der Waals surface area contributed by atoms with E-state index < -0.39 is 11.2 Å². The molecule has 0 aliphatic rings. The lowest BCUT2D eigenvalue weighted by Gasteiger charge is -2.06. The van der Waals surface area contributed by atoms with Crippen LogP contribution in [0.1, 0.15) is 5.56 Å². The number of aryl methyl sites for hydroxylation is 2. The molecule has 0 bridgehead atoms. The van der Waals surface area contributed by atoms with Gasteiger partial charge in [-0.3, -0.25) is 18.7 Å². The van der Waals surface area contributed by atoms with Gasteiger partial charge in [0, 0.05) is 27.7 Å². The highest BCUT2D eigenvalue weighted by Crippen LogP contribution is 2.20. The van der Waals surface area contributed by atoms with E-state index in [-0.39, 0.29) is 11.7 Å². The SMILES string of the molecule is COc1ccc(CNC(=O)CSc2nc3c(c(=O)n(C)c(=O)n3C)n2C)cc1. The third-order valence-corrected chi connectivity index (χ3v) is 5.45. The minimum Gasteiger partial charge on any atom is -0.497 e. The average molecular weight is 403 g/mol. The number of aromatic nitrogens is 4. The number of methoxy groups -OCH3 is 1. The minimum absolute atomic E-state index is 0.140. The number of rotatable bonds is 6. The molecule has 0 aliphatic carbocycles. The molecule has 1 N–H and O–H groups in total. The van der Waals surface area contributed by atoms with E-state index in [2.05, 4.69) is 10.3 Å². The van der Waals surface area contributed by atoms with Crippen LogP contribution in [0.25, 0.3) is 11.2 Å². The molecule has 28 heavy (non-hydrogen) atoms. The van der Waals surface area contributed by atoms with Gasteiger partial charge in [0.1, 0.15) is 5.75 Å². The zero-order valence-electron chi connectivity index (χ0n) is 16.1. The lowest BCUT2D eigenvalue weighted by molar-refractivity contribution is -0.118. The van der Waals surface area contributed by atoms with Crippen LogP contribution in [0, 0.1) is 0 Å². The van der Waals surface area contributed by atoms with Crippen LogP contribution in [-0.2, 0) is 32.5 Å². The number of benzene rings is 1. The van der Waals surface area contributed by atoms with Gasteiger partial charge in [0.05, 0.1) is 12.9 Å². The molecule has 0 saturated heterocycles. The second-order valence-electron chi connectivity index (χ2n) is 6.24. The van der Waals surface area contributed by atoms with Crippen LogP contribution in [-0.4, -0.2) is 37.5 Å². The van der Waals surface area contributed by atoms with Crippen molar-refractivity contribution in [1.82, 2.24) is 24.0 Å². The molecule has 0 atom stereocenters. The molecule has 0 aliphatic heterocycles. The fourth-order valence-electron chi connectivity index (χ4n) is 2.75. The summed E-state index contributed by atoms with van der Waals surface area (Å²) in [7, 11) is 6.28. The van der Waals surface area contributed by atoms with Gasteiger partial charge in [-0.2, -0.15) is 0 Å². The number of carbonyl (C=O) groups is 1. The maximum atomic E-state index is 12.4. The summed E-state index contributed by atoms with van der Waals surface area (Å²) in [5.41, 5.74) is 0.733. The third kappa shape index (κ3) is 3.68. The molecule has 0 fully saturated rings. The zero-order valence-corrected chi connectivity index (χ0v) is 16.9. The average Bonchev–Trinajstić information content (AvgIpc) is 3.04. The van der Waals surface area contributed by atoms with Gasteiger partial charge in [-0.05, 0) is 17.7 Å². The van der Waals surface area contributed by atoms with Crippen molar-refractivity contribution >= 4 is 28.8 Å². The number of ether oxygens (including phenoxy) is 1. The zero-order chi connectivity index (χ0) is 20.4. The van der Waals surface area contributed by atoms with Crippen molar-refractivity contribution in [2.75, 3.05) is 12.9 Å². The quantitative estimate of drug-likeness (QED) is 0.598. The predicted molar refractivity (Wildman–Crippen MR) is 107 cm³/mol. The van der Waals surface area contributed by atoms with Crippen LogP contribution in [0.5, 0.6) is 5.75 Å². The summed E-state index contributed by atoms with van der Waals surface area (Å²) in [6, 6.07) is 7.43. The van der Waals surface area contributed by atoms with Gasteiger partial charge >= 0.3 is 5.69 Å². The Labute approximate surface area is 164 Å². The van der Waals surface area contributed by atoms with Crippen LogP contribution in [0.15, 0.2) is 39.0 Å². The van der Waals surface area contributed by atoms with Crippen molar-refractivity contribution < 1.29 is 9.53 Å². The number of imidazole rings is 1. The van der Waals surface area contributed by atoms with E-state index in [1.807, 2.05) is 24.3 Å². The lowest BCUT2D eigenvalue weighted by Crippen LogP contribution is -2.37. The van der Waals surface area contributed by atoms with Gasteiger partial charge in [0.25, 0.3) is 5.56 Å². The Morgan fingerprint density at radius 1 is 1.11 bits per heavy atom. The number of nitrogens with one attached hydrogen (secondary N) is 1. The van der Waals surface area contributed by atoms with Crippen molar-refractivity contribution in [1.29, 1.82) is 0 Å². The molecule has 0 radical (unpaired) electrons. The number of hydrogen-bond acceptors (Lipinski definition) is 6. The molecular weight excluding hydrogens is 382 g/mol. The maximum Gasteiger partial charge on any atom is 0.332 e. The van der Waals surface area contributed by atoms with Crippen molar-refractivity contribution in [3.05, 3.63) is 50.7 Å². The lowest BCUT2D eigenvalue weighted by atomic mass is 10.2. The number of amides is 1. The largest absolute Gasteiger partial charge is 0.497 e. The minimum atomic E-state index is -0.440. The Balaban J connectivity index is 1.69. The first-order valence-electron chi connectivity index (χ1n) is 8.48. The molecule has 1 aromatic carbocycles. The van der Waals surface area contributed by atoms with E-state index >= 15 is 0 Å². The summed E-state index contributed by atoms with van der Waals surface area (Å²) in [4.78, 5) is 41.0. The molecule has 0 unspecified atom stereocenters. The summed E-state index contributed by atoms with van der Waals surface area (Å²) in [6.45, 7) is 0.404. The molecular formula is C18H21N5O4S. The smallest absolute Gasteiger partial charge is 0.332 e. The van der Waals surface area contributed by atoms with E-state index in [0.717, 1.165) is 15.9 Å². The van der Waals surface area contributed by atoms with Crippen LogP contribution in [0.3, 0.4) is 0 Å². The summed E-state index contributed by atoms with van der Waals surface area (Å²) >= 11 is 1.21. The number of nitrogens with zero attached hydrogens (tertiary/aromatic N) is 4. The van der Waals surface area contributed by atoms with Crippen LogP contribution in [0.4, 0.5) is 0 Å².